The second-order valence-corrected chi connectivity index (χ2v) is 4.21. The van der Waals surface area contributed by atoms with Crippen LogP contribution in [0.1, 0.15) is 25.3 Å². The molecule has 1 aliphatic rings. The highest BCUT2D eigenvalue weighted by Gasteiger charge is 2.34. The Balaban J connectivity index is 2.46. The van der Waals surface area contributed by atoms with Crippen LogP contribution in [-0.4, -0.2) is 12.9 Å². The Morgan fingerprint density at radius 1 is 1.25 bits per heavy atom. The number of hydrogen-bond acceptors (Lipinski definition) is 2. The molecule has 2 rings (SSSR count). The predicted molar refractivity (Wildman–Crippen MR) is 63.1 cm³/mol. The lowest BCUT2D eigenvalue weighted by atomic mass is 9.81. The monoisotopic (exact) mass is 216 g/mol. The van der Waals surface area contributed by atoms with E-state index in [0.717, 1.165) is 17.6 Å². The summed E-state index contributed by atoms with van der Waals surface area (Å²) in [7, 11) is 1.70. The van der Waals surface area contributed by atoms with E-state index in [9.17, 15) is 4.79 Å². The van der Waals surface area contributed by atoms with Gasteiger partial charge >= 0.3 is 0 Å². The fourth-order valence-corrected chi connectivity index (χ4v) is 2.23. The molecule has 2 nitrogen and oxygen atoms in total. The van der Waals surface area contributed by atoms with Crippen LogP contribution in [0.4, 0.5) is 0 Å². The number of carbonyl (C=O) groups excluding carboxylic acids is 1. The van der Waals surface area contributed by atoms with Crippen molar-refractivity contribution >= 4 is 5.78 Å². The topological polar surface area (TPSA) is 26.3 Å². The summed E-state index contributed by atoms with van der Waals surface area (Å²) in [6.45, 7) is 1.86. The average molecular weight is 216 g/mol. The van der Waals surface area contributed by atoms with E-state index in [1.54, 1.807) is 7.11 Å². The van der Waals surface area contributed by atoms with E-state index in [2.05, 4.69) is 0 Å². The van der Waals surface area contributed by atoms with Crippen molar-refractivity contribution in [1.82, 2.24) is 0 Å². The molecule has 0 aromatic heterocycles. The quantitative estimate of drug-likeness (QED) is 0.759. The normalized spacial score (nSPS) is 25.4. The van der Waals surface area contributed by atoms with Crippen molar-refractivity contribution in [2.24, 2.45) is 0 Å². The van der Waals surface area contributed by atoms with E-state index in [0.29, 0.717) is 6.42 Å². The van der Waals surface area contributed by atoms with Crippen LogP contribution < -0.4 is 0 Å². The van der Waals surface area contributed by atoms with Crippen molar-refractivity contribution in [1.29, 1.82) is 0 Å². The van der Waals surface area contributed by atoms with Crippen molar-refractivity contribution < 1.29 is 9.53 Å². The van der Waals surface area contributed by atoms with Gasteiger partial charge in [0.25, 0.3) is 0 Å². The van der Waals surface area contributed by atoms with Crippen LogP contribution in [0, 0.1) is 0 Å². The fraction of sp³-hybridized carbons (Fsp3) is 0.357. The van der Waals surface area contributed by atoms with Crippen LogP contribution in [0.3, 0.4) is 0 Å². The van der Waals surface area contributed by atoms with E-state index in [1.165, 1.54) is 0 Å². The number of hydrogen-bond donors (Lipinski definition) is 0. The van der Waals surface area contributed by atoms with E-state index < -0.39 is 5.60 Å². The molecular formula is C14H16O2. The molecule has 84 valence electrons. The zero-order valence-corrected chi connectivity index (χ0v) is 9.69. The number of Topliss-reactive ketones (excluding diaryl/α,β-unsaturated/α-hetero) is 1. The van der Waals surface area contributed by atoms with Gasteiger partial charge in [0, 0.05) is 13.5 Å². The molecule has 0 aliphatic heterocycles. The first-order valence-corrected chi connectivity index (χ1v) is 5.51. The zero-order chi connectivity index (χ0) is 11.6. The maximum atomic E-state index is 11.5. The summed E-state index contributed by atoms with van der Waals surface area (Å²) < 4.78 is 5.65. The van der Waals surface area contributed by atoms with Gasteiger partial charge in [-0.2, -0.15) is 0 Å². The molecule has 1 unspecified atom stereocenters. The highest BCUT2D eigenvalue weighted by molar-refractivity contribution is 5.96. The highest BCUT2D eigenvalue weighted by Crippen LogP contribution is 2.36. The molecule has 0 N–H and O–H groups in total. The van der Waals surface area contributed by atoms with Crippen LogP contribution in [0.25, 0.3) is 0 Å². The Kier molecular flexibility index (Phi) is 2.92. The number of allylic oxidation sites excluding steroid dienone is 1. The molecule has 0 fully saturated rings. The molecule has 0 spiro atoms. The summed E-state index contributed by atoms with van der Waals surface area (Å²) in [5, 5.41) is 0. The van der Waals surface area contributed by atoms with Crippen LogP contribution >= 0.6 is 0 Å². The number of benzene rings is 1. The zero-order valence-electron chi connectivity index (χ0n) is 9.69. The molecule has 0 heterocycles. The Bertz CT molecular complexity index is 420. The van der Waals surface area contributed by atoms with Gasteiger partial charge in [0.1, 0.15) is 5.60 Å². The third-order valence-corrected chi connectivity index (χ3v) is 3.24. The lowest BCUT2D eigenvalue weighted by Crippen LogP contribution is -2.31. The Morgan fingerprint density at radius 2 is 1.94 bits per heavy atom. The fourth-order valence-electron chi connectivity index (χ4n) is 2.23. The van der Waals surface area contributed by atoms with Gasteiger partial charge in [-0.3, -0.25) is 4.79 Å². The van der Waals surface area contributed by atoms with Crippen molar-refractivity contribution in [3.05, 3.63) is 47.5 Å². The number of rotatable bonds is 2. The van der Waals surface area contributed by atoms with Gasteiger partial charge in [0.15, 0.2) is 5.78 Å². The van der Waals surface area contributed by atoms with Crippen LogP contribution in [-0.2, 0) is 15.1 Å². The van der Waals surface area contributed by atoms with Crippen LogP contribution in [0.2, 0.25) is 0 Å². The molecule has 1 aromatic carbocycles. The average Bonchev–Trinajstić information content (AvgIpc) is 2.34. The first-order chi connectivity index (χ1) is 7.68. The molecule has 0 amide bonds. The van der Waals surface area contributed by atoms with Crippen LogP contribution in [0.5, 0.6) is 0 Å². The summed E-state index contributed by atoms with van der Waals surface area (Å²) in [4.78, 5) is 11.5. The van der Waals surface area contributed by atoms with Crippen LogP contribution in [0.15, 0.2) is 42.0 Å². The van der Waals surface area contributed by atoms with E-state index in [-0.39, 0.29) is 5.78 Å². The largest absolute Gasteiger partial charge is 0.369 e. The summed E-state index contributed by atoms with van der Waals surface area (Å²) in [5.74, 6) is 0.226. The minimum absolute atomic E-state index is 0.226. The summed E-state index contributed by atoms with van der Waals surface area (Å²) in [6, 6.07) is 10.1. The van der Waals surface area contributed by atoms with Crippen molar-refractivity contribution in [3.8, 4) is 0 Å². The number of methoxy groups -OCH3 is 1. The Hall–Kier alpha value is -1.41. The Labute approximate surface area is 95.9 Å². The first-order valence-electron chi connectivity index (χ1n) is 5.51. The second-order valence-electron chi connectivity index (χ2n) is 4.21. The summed E-state index contributed by atoms with van der Waals surface area (Å²) in [6.07, 6.45) is 3.24. The molecule has 0 bridgehead atoms. The van der Waals surface area contributed by atoms with Gasteiger partial charge < -0.3 is 4.74 Å². The first kappa shape index (κ1) is 11.1. The maximum Gasteiger partial charge on any atom is 0.158 e. The lowest BCUT2D eigenvalue weighted by Gasteiger charge is -2.33. The van der Waals surface area contributed by atoms with E-state index >= 15 is 0 Å². The molecule has 0 saturated heterocycles. The van der Waals surface area contributed by atoms with E-state index in [1.807, 2.05) is 43.3 Å². The van der Waals surface area contributed by atoms with Gasteiger partial charge in [-0.1, -0.05) is 30.3 Å². The molecule has 1 aromatic rings. The standard InChI is InChI=1S/C14H16O2/c1-11-10-14(16-2,9-8-13(11)15)12-6-4-3-5-7-12/h3-7,10H,8-9H2,1-2H3. The smallest absolute Gasteiger partial charge is 0.158 e. The summed E-state index contributed by atoms with van der Waals surface area (Å²) >= 11 is 0. The third-order valence-electron chi connectivity index (χ3n) is 3.24. The molecule has 0 radical (unpaired) electrons. The van der Waals surface area contributed by atoms with Gasteiger partial charge in [0.2, 0.25) is 0 Å². The predicted octanol–water partition coefficient (Wildman–Crippen LogP) is 2.84. The van der Waals surface area contributed by atoms with Crippen molar-refractivity contribution in [3.63, 3.8) is 0 Å². The maximum absolute atomic E-state index is 11.5. The SMILES string of the molecule is COC1(c2ccccc2)C=C(C)C(=O)CC1. The van der Waals surface area contributed by atoms with Gasteiger partial charge in [0.05, 0.1) is 0 Å². The van der Waals surface area contributed by atoms with Gasteiger partial charge in [-0.25, -0.2) is 0 Å². The minimum Gasteiger partial charge on any atom is -0.369 e. The number of ether oxygens (including phenoxy) is 1. The lowest BCUT2D eigenvalue weighted by molar-refractivity contribution is -0.118. The van der Waals surface area contributed by atoms with Gasteiger partial charge in [-0.15, -0.1) is 0 Å². The molecular weight excluding hydrogens is 200 g/mol. The molecule has 2 heteroatoms. The molecule has 16 heavy (non-hydrogen) atoms. The van der Waals surface area contributed by atoms with E-state index in [4.69, 9.17) is 4.74 Å². The minimum atomic E-state index is -0.417. The Morgan fingerprint density at radius 3 is 2.50 bits per heavy atom. The van der Waals surface area contributed by atoms with Crippen molar-refractivity contribution in [2.75, 3.05) is 7.11 Å². The third kappa shape index (κ3) is 1.81. The molecule has 1 atom stereocenters. The highest BCUT2D eigenvalue weighted by atomic mass is 16.5. The van der Waals surface area contributed by atoms with Gasteiger partial charge in [-0.05, 0) is 30.6 Å². The van der Waals surface area contributed by atoms with Crippen molar-refractivity contribution in [2.45, 2.75) is 25.4 Å². The molecule has 1 aliphatic carbocycles. The summed E-state index contributed by atoms with van der Waals surface area (Å²) in [5.41, 5.74) is 1.50. The number of ketones is 1. The number of carbonyl (C=O) groups is 1. The molecule has 0 saturated carbocycles. The second kappa shape index (κ2) is 4.22.